The lowest BCUT2D eigenvalue weighted by atomic mass is 10.0. The summed E-state index contributed by atoms with van der Waals surface area (Å²) in [5.41, 5.74) is 1.26. The Kier molecular flexibility index (Phi) is 5.85. The fourth-order valence-electron chi connectivity index (χ4n) is 2.35. The van der Waals surface area contributed by atoms with Crippen LogP contribution in [0, 0.1) is 13.8 Å². The van der Waals surface area contributed by atoms with Crippen LogP contribution in [0.1, 0.15) is 35.3 Å². The van der Waals surface area contributed by atoms with Crippen LogP contribution >= 0.6 is 11.6 Å². The van der Waals surface area contributed by atoms with Crippen molar-refractivity contribution < 1.29 is 19.1 Å². The molecule has 0 bridgehead atoms. The summed E-state index contributed by atoms with van der Waals surface area (Å²) in [7, 11) is 0. The van der Waals surface area contributed by atoms with E-state index < -0.39 is 11.6 Å². The molecule has 0 aromatic heterocycles. The molecule has 0 aliphatic heterocycles. The minimum Gasteiger partial charge on any atom is -0.476 e. The highest BCUT2D eigenvalue weighted by Crippen LogP contribution is 2.22. The molecule has 0 radical (unpaired) electrons. The maximum absolute atomic E-state index is 12.3. The summed E-state index contributed by atoms with van der Waals surface area (Å²) >= 11 is 5.83. The van der Waals surface area contributed by atoms with Gasteiger partial charge in [-0.3, -0.25) is 4.79 Å². The Morgan fingerprint density at radius 3 is 2.28 bits per heavy atom. The Hall–Kier alpha value is -2.33. The molecule has 0 saturated carbocycles. The second-order valence-electron chi connectivity index (χ2n) is 6.38. The highest BCUT2D eigenvalue weighted by atomic mass is 35.5. The molecule has 0 saturated heterocycles. The number of hydrogen-bond donors (Lipinski definition) is 0. The Labute approximate surface area is 152 Å². The largest absolute Gasteiger partial charge is 0.476 e. The molecule has 0 heterocycles. The Morgan fingerprint density at radius 1 is 1.04 bits per heavy atom. The van der Waals surface area contributed by atoms with Gasteiger partial charge in [-0.1, -0.05) is 35.4 Å². The Bertz CT molecular complexity index is 779. The number of ketones is 1. The number of ether oxygens (including phenoxy) is 2. The van der Waals surface area contributed by atoms with Gasteiger partial charge in [-0.15, -0.1) is 0 Å². The van der Waals surface area contributed by atoms with Gasteiger partial charge in [-0.2, -0.15) is 0 Å². The molecule has 25 heavy (non-hydrogen) atoms. The fraction of sp³-hybridized carbons (Fsp3) is 0.300. The number of benzene rings is 2. The molecular formula is C20H21ClO4. The molecule has 2 aromatic rings. The van der Waals surface area contributed by atoms with Gasteiger partial charge in [0.2, 0.25) is 5.78 Å². The van der Waals surface area contributed by atoms with Gasteiger partial charge in [0.05, 0.1) is 0 Å². The van der Waals surface area contributed by atoms with Crippen molar-refractivity contribution in [1.82, 2.24) is 0 Å². The van der Waals surface area contributed by atoms with Crippen molar-refractivity contribution >= 4 is 23.4 Å². The first-order chi connectivity index (χ1) is 11.7. The van der Waals surface area contributed by atoms with Gasteiger partial charge in [0, 0.05) is 10.6 Å². The molecule has 4 nitrogen and oxygen atoms in total. The highest BCUT2D eigenvalue weighted by Gasteiger charge is 2.32. The van der Waals surface area contributed by atoms with Gasteiger partial charge < -0.3 is 9.47 Å². The fourth-order valence-corrected chi connectivity index (χ4v) is 2.47. The molecule has 0 unspecified atom stereocenters. The summed E-state index contributed by atoms with van der Waals surface area (Å²) in [6, 6.07) is 12.2. The number of esters is 1. The normalized spacial score (nSPS) is 11.1. The third-order valence-corrected chi connectivity index (χ3v) is 3.95. The van der Waals surface area contributed by atoms with Crippen LogP contribution in [-0.2, 0) is 9.53 Å². The van der Waals surface area contributed by atoms with Crippen molar-refractivity contribution in [2.24, 2.45) is 0 Å². The molecule has 0 spiro atoms. The van der Waals surface area contributed by atoms with Crippen molar-refractivity contribution in [3.8, 4) is 5.75 Å². The summed E-state index contributed by atoms with van der Waals surface area (Å²) in [6.07, 6.45) is 0. The quantitative estimate of drug-likeness (QED) is 0.560. The van der Waals surface area contributed by atoms with E-state index >= 15 is 0 Å². The van der Waals surface area contributed by atoms with Crippen LogP contribution in [0.4, 0.5) is 0 Å². The maximum Gasteiger partial charge on any atom is 0.350 e. The second kappa shape index (κ2) is 7.70. The number of aryl methyl sites for hydroxylation is 2. The Morgan fingerprint density at radius 2 is 1.68 bits per heavy atom. The van der Waals surface area contributed by atoms with Gasteiger partial charge in [-0.25, -0.2) is 4.79 Å². The summed E-state index contributed by atoms with van der Waals surface area (Å²) < 4.78 is 10.8. The van der Waals surface area contributed by atoms with E-state index in [4.69, 9.17) is 21.1 Å². The first-order valence-electron chi connectivity index (χ1n) is 7.91. The molecular weight excluding hydrogens is 340 g/mol. The minimum absolute atomic E-state index is 0.242. The first-order valence-corrected chi connectivity index (χ1v) is 8.29. The molecule has 0 aliphatic carbocycles. The number of hydrogen-bond acceptors (Lipinski definition) is 4. The standard InChI is InChI=1S/C20H21ClO4/c1-13-5-10-17(14(2)11-13)18(22)12-24-19(23)20(3,4)25-16-8-6-15(21)7-9-16/h5-11H,12H2,1-4H3. The van der Waals surface area contributed by atoms with E-state index in [0.29, 0.717) is 16.3 Å². The van der Waals surface area contributed by atoms with Crippen molar-refractivity contribution in [2.45, 2.75) is 33.3 Å². The first kappa shape index (κ1) is 19.0. The van der Waals surface area contributed by atoms with Gasteiger partial charge >= 0.3 is 5.97 Å². The van der Waals surface area contributed by atoms with Gasteiger partial charge in [-0.05, 0) is 57.5 Å². The van der Waals surface area contributed by atoms with Gasteiger partial charge in [0.25, 0.3) is 0 Å². The summed E-state index contributed by atoms with van der Waals surface area (Å²) in [4.78, 5) is 24.6. The highest BCUT2D eigenvalue weighted by molar-refractivity contribution is 6.30. The summed E-state index contributed by atoms with van der Waals surface area (Å²) in [5, 5.41) is 0.576. The molecule has 0 fully saturated rings. The van der Waals surface area contributed by atoms with Crippen LogP contribution in [-0.4, -0.2) is 24.0 Å². The van der Waals surface area contributed by atoms with E-state index in [1.807, 2.05) is 26.0 Å². The van der Waals surface area contributed by atoms with Crippen LogP contribution < -0.4 is 4.74 Å². The monoisotopic (exact) mass is 360 g/mol. The topological polar surface area (TPSA) is 52.6 Å². The van der Waals surface area contributed by atoms with E-state index in [1.54, 1.807) is 44.2 Å². The van der Waals surface area contributed by atoms with Crippen molar-refractivity contribution in [2.75, 3.05) is 6.61 Å². The molecule has 0 aliphatic rings. The maximum atomic E-state index is 12.3. The van der Waals surface area contributed by atoms with Crippen LogP contribution in [0.5, 0.6) is 5.75 Å². The van der Waals surface area contributed by atoms with E-state index in [-0.39, 0.29) is 12.4 Å². The summed E-state index contributed by atoms with van der Waals surface area (Å²) in [6.45, 7) is 6.67. The zero-order valence-electron chi connectivity index (χ0n) is 14.8. The molecule has 2 aromatic carbocycles. The smallest absolute Gasteiger partial charge is 0.350 e. The number of carbonyl (C=O) groups excluding carboxylic acids is 2. The summed E-state index contributed by atoms with van der Waals surface area (Å²) in [5.74, 6) is -0.360. The molecule has 0 amide bonds. The number of rotatable bonds is 6. The molecule has 2 rings (SSSR count). The third-order valence-electron chi connectivity index (χ3n) is 3.69. The molecule has 5 heteroatoms. The zero-order chi connectivity index (χ0) is 18.6. The van der Waals surface area contributed by atoms with E-state index in [1.165, 1.54) is 0 Å². The van der Waals surface area contributed by atoms with E-state index in [2.05, 4.69) is 0 Å². The van der Waals surface area contributed by atoms with Crippen LogP contribution in [0.25, 0.3) is 0 Å². The van der Waals surface area contributed by atoms with E-state index in [0.717, 1.165) is 11.1 Å². The van der Waals surface area contributed by atoms with Crippen LogP contribution in [0.15, 0.2) is 42.5 Å². The number of halogens is 1. The van der Waals surface area contributed by atoms with Crippen molar-refractivity contribution in [1.29, 1.82) is 0 Å². The van der Waals surface area contributed by atoms with Crippen LogP contribution in [0.2, 0.25) is 5.02 Å². The van der Waals surface area contributed by atoms with Gasteiger partial charge in [0.1, 0.15) is 5.75 Å². The lowest BCUT2D eigenvalue weighted by Crippen LogP contribution is -2.40. The second-order valence-corrected chi connectivity index (χ2v) is 6.82. The lowest BCUT2D eigenvalue weighted by molar-refractivity contribution is -0.158. The molecule has 0 atom stereocenters. The van der Waals surface area contributed by atoms with Crippen molar-refractivity contribution in [3.63, 3.8) is 0 Å². The number of carbonyl (C=O) groups is 2. The Balaban J connectivity index is 1.98. The third kappa shape index (κ3) is 5.07. The molecule has 0 N–H and O–H groups in total. The zero-order valence-corrected chi connectivity index (χ0v) is 15.5. The lowest BCUT2D eigenvalue weighted by Gasteiger charge is -2.24. The average Bonchev–Trinajstić information content (AvgIpc) is 2.54. The SMILES string of the molecule is Cc1ccc(C(=O)COC(=O)C(C)(C)Oc2ccc(Cl)cc2)c(C)c1. The average molecular weight is 361 g/mol. The number of Topliss-reactive ketones (excluding diaryl/α,β-unsaturated/α-hetero) is 1. The minimum atomic E-state index is -1.23. The van der Waals surface area contributed by atoms with Gasteiger partial charge in [0.15, 0.2) is 12.2 Å². The van der Waals surface area contributed by atoms with Crippen LogP contribution in [0.3, 0.4) is 0 Å². The molecule has 132 valence electrons. The van der Waals surface area contributed by atoms with E-state index in [9.17, 15) is 9.59 Å². The predicted molar refractivity (Wildman–Crippen MR) is 97.4 cm³/mol. The van der Waals surface area contributed by atoms with Crippen molar-refractivity contribution in [3.05, 3.63) is 64.2 Å². The predicted octanol–water partition coefficient (Wildman–Crippen LogP) is 4.54.